The summed E-state index contributed by atoms with van der Waals surface area (Å²) in [4.78, 5) is 4.58. The molecule has 0 atom stereocenters. The van der Waals surface area contributed by atoms with Crippen molar-refractivity contribution in [1.82, 2.24) is 4.98 Å². The van der Waals surface area contributed by atoms with E-state index in [4.69, 9.17) is 0 Å². The highest BCUT2D eigenvalue weighted by atomic mass is 32.1. The molecule has 4 rings (SSSR count). The monoisotopic (exact) mass is 253 g/mol. The fraction of sp³-hybridized carbons (Fsp3) is 0. The summed E-state index contributed by atoms with van der Waals surface area (Å²) in [5, 5.41) is 7.13. The molecular weight excluding hydrogens is 245 g/mol. The summed E-state index contributed by atoms with van der Waals surface area (Å²) in [5.41, 5.74) is 3.01. The van der Waals surface area contributed by atoms with Crippen LogP contribution in [0.5, 0.6) is 0 Å². The first-order valence-corrected chi connectivity index (χ1v) is 6.61. The van der Waals surface area contributed by atoms with Crippen LogP contribution in [0.1, 0.15) is 0 Å². The molecule has 2 aromatic rings. The number of fused-ring (bicyclic) bond motifs is 5. The Morgan fingerprint density at radius 3 is 2.89 bits per heavy atom. The maximum atomic E-state index is 13.5. The molecule has 2 heterocycles. The van der Waals surface area contributed by atoms with Gasteiger partial charge in [-0.05, 0) is 40.4 Å². The van der Waals surface area contributed by atoms with Gasteiger partial charge in [-0.1, -0.05) is 12.1 Å². The highest BCUT2D eigenvalue weighted by Gasteiger charge is 2.13. The second-order valence-corrected chi connectivity index (χ2v) is 5.07. The summed E-state index contributed by atoms with van der Waals surface area (Å²) in [6, 6.07) is 10.9. The average Bonchev–Trinajstić information content (AvgIpc) is 2.77. The minimum atomic E-state index is -0.205. The Bertz CT molecular complexity index is 850. The predicted molar refractivity (Wildman–Crippen MR) is 73.7 cm³/mol. The molecule has 0 bridgehead atoms. The number of nitrogens with zero attached hydrogens (tertiary/aromatic N) is 1. The fourth-order valence-corrected chi connectivity index (χ4v) is 3.09. The van der Waals surface area contributed by atoms with Gasteiger partial charge < -0.3 is 0 Å². The standard InChI is InChI=1S/C15H8FNS/c16-10-3-1-9-2-4-14-15(11(9)7-10)12-8-18-6-5-13(12)17-14/h1-8H. The van der Waals surface area contributed by atoms with Gasteiger partial charge in [-0.15, -0.1) is 0 Å². The van der Waals surface area contributed by atoms with Gasteiger partial charge in [0.2, 0.25) is 0 Å². The highest BCUT2D eigenvalue weighted by molar-refractivity contribution is 7.08. The SMILES string of the molecule is Fc1ccc2ccc3nc4ccscc-4c3c2c1. The number of hydrogen-bond donors (Lipinski definition) is 0. The summed E-state index contributed by atoms with van der Waals surface area (Å²) in [6.45, 7) is 0. The minimum absolute atomic E-state index is 0.205. The molecule has 0 aromatic heterocycles. The van der Waals surface area contributed by atoms with E-state index in [2.05, 4.69) is 10.4 Å². The third kappa shape index (κ3) is 1.28. The summed E-state index contributed by atoms with van der Waals surface area (Å²) in [7, 11) is 0. The van der Waals surface area contributed by atoms with Crippen LogP contribution in [-0.4, -0.2) is 4.98 Å². The van der Waals surface area contributed by atoms with Crippen molar-refractivity contribution in [2.75, 3.05) is 0 Å². The van der Waals surface area contributed by atoms with Crippen LogP contribution in [-0.2, 0) is 0 Å². The Kier molecular flexibility index (Phi) is 1.94. The lowest BCUT2D eigenvalue weighted by Gasteiger charge is -2.01. The van der Waals surface area contributed by atoms with Gasteiger partial charge in [0.05, 0.1) is 11.2 Å². The minimum Gasteiger partial charge on any atom is -0.248 e. The zero-order valence-corrected chi connectivity index (χ0v) is 10.2. The third-order valence-electron chi connectivity index (χ3n) is 3.24. The van der Waals surface area contributed by atoms with Gasteiger partial charge in [-0.3, -0.25) is 0 Å². The van der Waals surface area contributed by atoms with E-state index >= 15 is 0 Å². The highest BCUT2D eigenvalue weighted by Crippen LogP contribution is 2.36. The summed E-state index contributed by atoms with van der Waals surface area (Å²) in [6.07, 6.45) is 0. The molecule has 0 radical (unpaired) electrons. The Morgan fingerprint density at radius 2 is 1.94 bits per heavy atom. The van der Waals surface area contributed by atoms with Crippen molar-refractivity contribution in [2.45, 2.75) is 0 Å². The van der Waals surface area contributed by atoms with Crippen LogP contribution in [0.25, 0.3) is 32.9 Å². The number of halogens is 1. The van der Waals surface area contributed by atoms with Crippen molar-refractivity contribution in [3.05, 3.63) is 53.0 Å². The molecule has 0 aliphatic carbocycles. The first kappa shape index (κ1) is 9.97. The van der Waals surface area contributed by atoms with Crippen LogP contribution < -0.4 is 0 Å². The first-order valence-electron chi connectivity index (χ1n) is 5.67. The van der Waals surface area contributed by atoms with E-state index in [0.717, 1.165) is 32.9 Å². The molecule has 0 saturated carbocycles. The fourth-order valence-electron chi connectivity index (χ4n) is 2.43. The number of aromatic nitrogens is 1. The van der Waals surface area contributed by atoms with E-state index < -0.39 is 0 Å². The molecule has 0 spiro atoms. The molecule has 0 unspecified atom stereocenters. The zero-order chi connectivity index (χ0) is 12.1. The van der Waals surface area contributed by atoms with Gasteiger partial charge in [0.1, 0.15) is 5.82 Å². The Balaban J connectivity index is 2.30. The van der Waals surface area contributed by atoms with E-state index in [1.807, 2.05) is 29.6 Å². The summed E-state index contributed by atoms with van der Waals surface area (Å²) < 4.78 is 13.5. The van der Waals surface area contributed by atoms with Crippen molar-refractivity contribution < 1.29 is 4.39 Å². The quantitative estimate of drug-likeness (QED) is 0.443. The van der Waals surface area contributed by atoms with E-state index in [-0.39, 0.29) is 5.82 Å². The molecule has 0 saturated heterocycles. The lowest BCUT2D eigenvalue weighted by atomic mass is 10.0. The zero-order valence-electron chi connectivity index (χ0n) is 9.35. The normalized spacial score (nSPS) is 11.6. The van der Waals surface area contributed by atoms with Crippen LogP contribution in [0.2, 0.25) is 0 Å². The molecule has 2 aliphatic rings. The molecule has 2 aromatic carbocycles. The molecular formula is C15H8FNS. The summed E-state index contributed by atoms with van der Waals surface area (Å²) >= 11 is 1.63. The first-order chi connectivity index (χ1) is 8.83. The molecule has 86 valence electrons. The van der Waals surface area contributed by atoms with Gasteiger partial charge in [-0.2, -0.15) is 11.3 Å². The average molecular weight is 253 g/mol. The molecule has 3 heteroatoms. The third-order valence-corrected chi connectivity index (χ3v) is 3.90. The molecule has 0 N–H and O–H groups in total. The number of benzene rings is 2. The van der Waals surface area contributed by atoms with Gasteiger partial charge in [0.15, 0.2) is 0 Å². The van der Waals surface area contributed by atoms with E-state index in [1.165, 1.54) is 6.07 Å². The lowest BCUT2D eigenvalue weighted by molar-refractivity contribution is 0.630. The van der Waals surface area contributed by atoms with Gasteiger partial charge in [-0.25, -0.2) is 9.37 Å². The maximum Gasteiger partial charge on any atom is 0.123 e. The van der Waals surface area contributed by atoms with E-state index in [9.17, 15) is 4.39 Å². The van der Waals surface area contributed by atoms with Crippen molar-refractivity contribution >= 4 is 33.0 Å². The Labute approximate surface area is 107 Å². The summed E-state index contributed by atoms with van der Waals surface area (Å²) in [5.74, 6) is -0.205. The van der Waals surface area contributed by atoms with Gasteiger partial charge in [0, 0.05) is 16.3 Å². The van der Waals surface area contributed by atoms with Crippen LogP contribution in [0, 0.1) is 5.82 Å². The second kappa shape index (κ2) is 3.50. The number of hydrogen-bond acceptors (Lipinski definition) is 2. The second-order valence-electron chi connectivity index (χ2n) is 4.29. The van der Waals surface area contributed by atoms with Crippen molar-refractivity contribution in [3.8, 4) is 11.3 Å². The van der Waals surface area contributed by atoms with Crippen LogP contribution in [0.4, 0.5) is 4.39 Å². The van der Waals surface area contributed by atoms with Crippen LogP contribution in [0.15, 0.2) is 47.2 Å². The van der Waals surface area contributed by atoms with Crippen LogP contribution >= 0.6 is 11.3 Å². The van der Waals surface area contributed by atoms with Gasteiger partial charge >= 0.3 is 0 Å². The molecule has 0 amide bonds. The maximum absolute atomic E-state index is 13.5. The van der Waals surface area contributed by atoms with Crippen molar-refractivity contribution in [2.24, 2.45) is 0 Å². The predicted octanol–water partition coefficient (Wildman–Crippen LogP) is 4.69. The topological polar surface area (TPSA) is 12.9 Å². The van der Waals surface area contributed by atoms with E-state index in [1.54, 1.807) is 17.4 Å². The number of rotatable bonds is 0. The molecule has 0 fully saturated rings. The molecule has 2 aliphatic heterocycles. The van der Waals surface area contributed by atoms with Crippen LogP contribution in [0.3, 0.4) is 0 Å². The Morgan fingerprint density at radius 1 is 1.06 bits per heavy atom. The molecule has 1 nitrogen and oxygen atoms in total. The molecule has 18 heavy (non-hydrogen) atoms. The van der Waals surface area contributed by atoms with Crippen molar-refractivity contribution in [1.29, 1.82) is 0 Å². The van der Waals surface area contributed by atoms with Gasteiger partial charge in [0.25, 0.3) is 0 Å². The lowest BCUT2D eigenvalue weighted by Crippen LogP contribution is -1.78. The smallest absolute Gasteiger partial charge is 0.123 e. The Hall–Kier alpha value is -2.00. The van der Waals surface area contributed by atoms with E-state index in [0.29, 0.717) is 0 Å². The largest absolute Gasteiger partial charge is 0.248 e. The van der Waals surface area contributed by atoms with Crippen molar-refractivity contribution in [3.63, 3.8) is 0 Å².